The molecule has 0 amide bonds. The fourth-order valence-electron chi connectivity index (χ4n) is 3.99. The van der Waals surface area contributed by atoms with E-state index < -0.39 is 11.9 Å². The van der Waals surface area contributed by atoms with E-state index in [0.29, 0.717) is 66.0 Å². The summed E-state index contributed by atoms with van der Waals surface area (Å²) < 4.78 is 40.6. The number of anilines is 1. The number of aromatic nitrogens is 5. The molecule has 180 valence electrons. The Balaban J connectivity index is 1.66. The van der Waals surface area contributed by atoms with Crippen molar-refractivity contribution in [2.75, 3.05) is 11.9 Å². The summed E-state index contributed by atoms with van der Waals surface area (Å²) in [4.78, 5) is 18.7. The molecule has 0 aliphatic carbocycles. The number of fused-ring (bicyclic) bond motifs is 1. The number of nitrogens with one attached hydrogen (secondary N) is 3. The van der Waals surface area contributed by atoms with Gasteiger partial charge in [0.2, 0.25) is 0 Å². The summed E-state index contributed by atoms with van der Waals surface area (Å²) in [5, 5.41) is 19.9. The van der Waals surface area contributed by atoms with E-state index in [9.17, 15) is 13.2 Å². The molecule has 0 saturated carbocycles. The summed E-state index contributed by atoms with van der Waals surface area (Å²) in [6.07, 6.45) is -0.684. The maximum absolute atomic E-state index is 12.9. The normalized spacial score (nSPS) is 17.0. The number of alkyl halides is 3. The van der Waals surface area contributed by atoms with Gasteiger partial charge in [-0.25, -0.2) is 15.0 Å². The number of halogens is 3. The van der Waals surface area contributed by atoms with Crippen LogP contribution in [-0.4, -0.2) is 53.7 Å². The quantitative estimate of drug-likeness (QED) is 0.373. The van der Waals surface area contributed by atoms with Gasteiger partial charge in [-0.15, -0.1) is 0 Å². The first kappa shape index (κ1) is 23.6. The van der Waals surface area contributed by atoms with Crippen molar-refractivity contribution >= 4 is 28.7 Å². The highest BCUT2D eigenvalue weighted by molar-refractivity contribution is 5.99. The monoisotopic (exact) mass is 473 g/mol. The molecule has 9 nitrogen and oxygen atoms in total. The molecule has 1 unspecified atom stereocenters. The Bertz CT molecular complexity index is 1210. The lowest BCUT2D eigenvalue weighted by Crippen LogP contribution is -2.49. The minimum Gasteiger partial charge on any atom is -0.364 e. The number of hydrogen-bond acceptors (Lipinski definition) is 7. The average Bonchev–Trinajstić information content (AvgIpc) is 3.19. The Morgan fingerprint density at radius 1 is 1.24 bits per heavy atom. The summed E-state index contributed by atoms with van der Waals surface area (Å²) in [6.45, 7) is 6.72. The predicted octanol–water partition coefficient (Wildman–Crippen LogP) is 4.41. The number of pyridine rings is 1. The SMILES string of the molecule is CCn1c(-c2ccc(C(F)(F)F)nc2)nc2c(NC3CCC(=N)N(C(=N)C(C)C)C3)ncnc21. The molecule has 1 saturated heterocycles. The van der Waals surface area contributed by atoms with Crippen LogP contribution in [0.3, 0.4) is 0 Å². The first-order valence-electron chi connectivity index (χ1n) is 11.0. The summed E-state index contributed by atoms with van der Waals surface area (Å²) in [7, 11) is 0. The molecule has 0 spiro atoms. The number of hydrogen-bond donors (Lipinski definition) is 3. The van der Waals surface area contributed by atoms with Crippen LogP contribution in [0.25, 0.3) is 22.6 Å². The summed E-state index contributed by atoms with van der Waals surface area (Å²) in [5.41, 5.74) is 0.550. The largest absolute Gasteiger partial charge is 0.433 e. The van der Waals surface area contributed by atoms with Gasteiger partial charge in [-0.3, -0.25) is 15.8 Å². The molecular formula is C22H26F3N9. The Morgan fingerprint density at radius 3 is 2.62 bits per heavy atom. The van der Waals surface area contributed by atoms with Crippen LogP contribution in [0.5, 0.6) is 0 Å². The van der Waals surface area contributed by atoms with E-state index in [1.807, 2.05) is 25.3 Å². The van der Waals surface area contributed by atoms with Gasteiger partial charge in [-0.05, 0) is 25.5 Å². The number of imidazole rings is 1. The zero-order valence-electron chi connectivity index (χ0n) is 19.1. The molecule has 4 rings (SSSR count). The minimum atomic E-state index is -4.51. The number of rotatable bonds is 5. The van der Waals surface area contributed by atoms with Gasteiger partial charge in [-0.2, -0.15) is 13.2 Å². The third kappa shape index (κ3) is 4.44. The van der Waals surface area contributed by atoms with E-state index >= 15 is 0 Å². The second kappa shape index (κ2) is 8.99. The predicted molar refractivity (Wildman–Crippen MR) is 123 cm³/mol. The third-order valence-electron chi connectivity index (χ3n) is 5.80. The topological polar surface area (TPSA) is 119 Å². The maximum atomic E-state index is 12.9. The first-order valence-corrected chi connectivity index (χ1v) is 11.0. The van der Waals surface area contributed by atoms with E-state index in [4.69, 9.17) is 10.8 Å². The Labute approximate surface area is 194 Å². The van der Waals surface area contributed by atoms with Gasteiger partial charge < -0.3 is 14.8 Å². The number of likely N-dealkylation sites (tertiary alicyclic amines) is 1. The van der Waals surface area contributed by atoms with Gasteiger partial charge in [0.05, 0.1) is 0 Å². The van der Waals surface area contributed by atoms with Crippen molar-refractivity contribution in [2.24, 2.45) is 5.92 Å². The van der Waals surface area contributed by atoms with Gasteiger partial charge in [0.15, 0.2) is 17.0 Å². The molecular weight excluding hydrogens is 447 g/mol. The molecule has 3 N–H and O–H groups in total. The fraction of sp³-hybridized carbons (Fsp3) is 0.455. The summed E-state index contributed by atoms with van der Waals surface area (Å²) in [5.74, 6) is 1.79. The van der Waals surface area contributed by atoms with Crippen LogP contribution in [-0.2, 0) is 12.7 Å². The molecule has 12 heteroatoms. The van der Waals surface area contributed by atoms with E-state index in [0.717, 1.165) is 6.07 Å². The van der Waals surface area contributed by atoms with Crippen LogP contribution in [0.4, 0.5) is 19.0 Å². The number of nitrogens with zero attached hydrogens (tertiary/aromatic N) is 6. The van der Waals surface area contributed by atoms with Crippen LogP contribution in [0.1, 0.15) is 39.3 Å². The zero-order valence-corrected chi connectivity index (χ0v) is 19.1. The molecule has 3 aromatic rings. The molecule has 4 heterocycles. The molecule has 1 aliphatic heterocycles. The number of amidine groups is 2. The van der Waals surface area contributed by atoms with Crippen molar-refractivity contribution in [1.29, 1.82) is 10.8 Å². The van der Waals surface area contributed by atoms with Crippen LogP contribution < -0.4 is 5.32 Å². The van der Waals surface area contributed by atoms with Crippen molar-refractivity contribution in [3.05, 3.63) is 30.4 Å². The van der Waals surface area contributed by atoms with E-state index in [2.05, 4.69) is 25.3 Å². The van der Waals surface area contributed by atoms with Gasteiger partial charge in [0, 0.05) is 43.2 Å². The molecule has 3 aromatic heterocycles. The molecule has 0 radical (unpaired) electrons. The first-order chi connectivity index (χ1) is 16.1. The summed E-state index contributed by atoms with van der Waals surface area (Å²) >= 11 is 0. The van der Waals surface area contributed by atoms with Gasteiger partial charge in [0.25, 0.3) is 0 Å². The van der Waals surface area contributed by atoms with Crippen LogP contribution in [0, 0.1) is 16.7 Å². The Morgan fingerprint density at radius 2 is 2.00 bits per heavy atom. The highest BCUT2D eigenvalue weighted by Gasteiger charge is 2.32. The Kier molecular flexibility index (Phi) is 6.24. The molecule has 1 aliphatic rings. The van der Waals surface area contributed by atoms with E-state index in [-0.39, 0.29) is 12.0 Å². The fourth-order valence-corrected chi connectivity index (χ4v) is 3.99. The maximum Gasteiger partial charge on any atom is 0.433 e. The molecule has 0 aromatic carbocycles. The number of piperidine rings is 1. The van der Waals surface area contributed by atoms with Crippen LogP contribution in [0.2, 0.25) is 0 Å². The van der Waals surface area contributed by atoms with Crippen molar-refractivity contribution in [1.82, 2.24) is 29.4 Å². The second-order valence-corrected chi connectivity index (χ2v) is 8.48. The Hall–Kier alpha value is -3.57. The van der Waals surface area contributed by atoms with Gasteiger partial charge in [0.1, 0.15) is 29.5 Å². The highest BCUT2D eigenvalue weighted by Crippen LogP contribution is 2.31. The van der Waals surface area contributed by atoms with Gasteiger partial charge >= 0.3 is 6.18 Å². The van der Waals surface area contributed by atoms with Crippen LogP contribution in [0.15, 0.2) is 24.7 Å². The minimum absolute atomic E-state index is 0.00464. The van der Waals surface area contributed by atoms with Crippen molar-refractivity contribution in [3.8, 4) is 11.4 Å². The lowest BCUT2D eigenvalue weighted by molar-refractivity contribution is -0.141. The zero-order chi connectivity index (χ0) is 24.6. The lowest BCUT2D eigenvalue weighted by Gasteiger charge is -2.36. The molecule has 1 atom stereocenters. The third-order valence-corrected chi connectivity index (χ3v) is 5.80. The molecule has 0 bridgehead atoms. The van der Waals surface area contributed by atoms with E-state index in [1.165, 1.54) is 18.6 Å². The van der Waals surface area contributed by atoms with Crippen molar-refractivity contribution in [3.63, 3.8) is 0 Å². The smallest absolute Gasteiger partial charge is 0.364 e. The lowest BCUT2D eigenvalue weighted by atomic mass is 10.0. The van der Waals surface area contributed by atoms with Crippen molar-refractivity contribution < 1.29 is 13.2 Å². The van der Waals surface area contributed by atoms with Crippen molar-refractivity contribution in [2.45, 2.75) is 52.4 Å². The highest BCUT2D eigenvalue weighted by atomic mass is 19.4. The molecule has 34 heavy (non-hydrogen) atoms. The number of aryl methyl sites for hydroxylation is 1. The van der Waals surface area contributed by atoms with E-state index in [1.54, 1.807) is 4.90 Å². The second-order valence-electron chi connectivity index (χ2n) is 8.48. The van der Waals surface area contributed by atoms with Crippen LogP contribution >= 0.6 is 0 Å². The average molecular weight is 474 g/mol. The molecule has 1 fully saturated rings. The standard InChI is InChI=1S/C22H26F3N9/c1-4-33-20(13-5-7-15(28-9-13)22(23,24)25)32-17-19(29-11-30-21(17)33)31-14-6-8-16(26)34(10-14)18(27)12(2)3/h5,7,9,11-12,14,26-27H,4,6,8,10H2,1-3H3,(H,29,30,31). The summed E-state index contributed by atoms with van der Waals surface area (Å²) in [6, 6.07) is 2.23. The van der Waals surface area contributed by atoms with Gasteiger partial charge in [-0.1, -0.05) is 13.8 Å².